The van der Waals surface area contributed by atoms with E-state index in [2.05, 4.69) is 23.4 Å². The summed E-state index contributed by atoms with van der Waals surface area (Å²) in [4.78, 5) is 18.7. The molecule has 2 heterocycles. The van der Waals surface area contributed by atoms with Gasteiger partial charge in [-0.15, -0.1) is 0 Å². The predicted octanol–water partition coefficient (Wildman–Crippen LogP) is 2.66. The summed E-state index contributed by atoms with van der Waals surface area (Å²) < 4.78 is 2.10. The first-order chi connectivity index (χ1) is 9.65. The average molecular weight is 269 g/mol. The Kier molecular flexibility index (Phi) is 3.30. The van der Waals surface area contributed by atoms with Crippen LogP contribution in [0.3, 0.4) is 0 Å². The SMILES string of the molecule is CC(C)c1ccc(C(=O)N2CCn3ccnc3C2)cc1. The highest BCUT2D eigenvalue weighted by molar-refractivity contribution is 5.94. The fourth-order valence-electron chi connectivity index (χ4n) is 2.54. The Morgan fingerprint density at radius 1 is 1.20 bits per heavy atom. The Morgan fingerprint density at radius 2 is 1.95 bits per heavy atom. The summed E-state index contributed by atoms with van der Waals surface area (Å²) in [6, 6.07) is 7.95. The normalized spacial score (nSPS) is 14.4. The maximum Gasteiger partial charge on any atom is 0.254 e. The molecule has 4 heteroatoms. The minimum Gasteiger partial charge on any atom is -0.332 e. The summed E-state index contributed by atoms with van der Waals surface area (Å²) in [5, 5.41) is 0. The second kappa shape index (κ2) is 5.12. The van der Waals surface area contributed by atoms with Crippen LogP contribution in [-0.4, -0.2) is 26.9 Å². The van der Waals surface area contributed by atoms with Gasteiger partial charge in [0.15, 0.2) is 0 Å². The quantitative estimate of drug-likeness (QED) is 0.840. The largest absolute Gasteiger partial charge is 0.332 e. The van der Waals surface area contributed by atoms with Crippen LogP contribution < -0.4 is 0 Å². The predicted molar refractivity (Wildman–Crippen MR) is 77.5 cm³/mol. The second-order valence-corrected chi connectivity index (χ2v) is 5.54. The number of hydrogen-bond acceptors (Lipinski definition) is 2. The number of hydrogen-bond donors (Lipinski definition) is 0. The summed E-state index contributed by atoms with van der Waals surface area (Å²) in [6.07, 6.45) is 3.76. The third kappa shape index (κ3) is 2.33. The molecule has 0 radical (unpaired) electrons. The van der Waals surface area contributed by atoms with Gasteiger partial charge in [0.05, 0.1) is 6.54 Å². The Morgan fingerprint density at radius 3 is 2.65 bits per heavy atom. The van der Waals surface area contributed by atoms with Crippen molar-refractivity contribution in [2.45, 2.75) is 32.9 Å². The van der Waals surface area contributed by atoms with Gasteiger partial charge in [0.2, 0.25) is 0 Å². The van der Waals surface area contributed by atoms with Crippen LogP contribution in [0.5, 0.6) is 0 Å². The summed E-state index contributed by atoms with van der Waals surface area (Å²) in [6.45, 7) is 6.47. The molecule has 0 aliphatic carbocycles. The van der Waals surface area contributed by atoms with E-state index in [0.717, 1.165) is 24.5 Å². The standard InChI is InChI=1S/C16H19N3O/c1-12(2)13-3-5-14(6-4-13)16(20)19-10-9-18-8-7-17-15(18)11-19/h3-8,12H,9-11H2,1-2H3. The van der Waals surface area contributed by atoms with Crippen LogP contribution in [0.25, 0.3) is 0 Å². The fraction of sp³-hybridized carbons (Fsp3) is 0.375. The highest BCUT2D eigenvalue weighted by Crippen LogP contribution is 2.17. The zero-order valence-electron chi connectivity index (χ0n) is 11.9. The Hall–Kier alpha value is -2.10. The minimum atomic E-state index is 0.0922. The van der Waals surface area contributed by atoms with Crippen molar-refractivity contribution in [3.63, 3.8) is 0 Å². The van der Waals surface area contributed by atoms with Crippen molar-refractivity contribution in [2.75, 3.05) is 6.54 Å². The lowest BCUT2D eigenvalue weighted by molar-refractivity contribution is 0.0707. The molecule has 0 N–H and O–H groups in total. The number of imidazole rings is 1. The summed E-state index contributed by atoms with van der Waals surface area (Å²) in [5.74, 6) is 1.54. The van der Waals surface area contributed by atoms with Crippen molar-refractivity contribution < 1.29 is 4.79 Å². The first kappa shape index (κ1) is 12.9. The van der Waals surface area contributed by atoms with Crippen LogP contribution >= 0.6 is 0 Å². The van der Waals surface area contributed by atoms with Gasteiger partial charge in [-0.25, -0.2) is 4.98 Å². The smallest absolute Gasteiger partial charge is 0.254 e. The van der Waals surface area contributed by atoms with Gasteiger partial charge in [0, 0.05) is 31.0 Å². The zero-order chi connectivity index (χ0) is 14.1. The highest BCUT2D eigenvalue weighted by Gasteiger charge is 2.22. The number of aromatic nitrogens is 2. The summed E-state index contributed by atoms with van der Waals surface area (Å²) in [7, 11) is 0. The molecule has 1 amide bonds. The van der Waals surface area contributed by atoms with Gasteiger partial charge in [-0.3, -0.25) is 4.79 Å². The average Bonchev–Trinajstić information content (AvgIpc) is 2.94. The van der Waals surface area contributed by atoms with E-state index >= 15 is 0 Å². The monoisotopic (exact) mass is 269 g/mol. The van der Waals surface area contributed by atoms with Crippen molar-refractivity contribution in [3.8, 4) is 0 Å². The van der Waals surface area contributed by atoms with Gasteiger partial charge in [0.25, 0.3) is 5.91 Å². The van der Waals surface area contributed by atoms with Gasteiger partial charge < -0.3 is 9.47 Å². The van der Waals surface area contributed by atoms with Gasteiger partial charge in [-0.2, -0.15) is 0 Å². The number of amides is 1. The molecule has 20 heavy (non-hydrogen) atoms. The number of carbonyl (C=O) groups is 1. The van der Waals surface area contributed by atoms with E-state index in [1.165, 1.54) is 5.56 Å². The molecule has 1 aliphatic heterocycles. The van der Waals surface area contributed by atoms with E-state index in [9.17, 15) is 4.79 Å². The molecule has 1 aromatic carbocycles. The second-order valence-electron chi connectivity index (χ2n) is 5.54. The van der Waals surface area contributed by atoms with Gasteiger partial charge in [-0.05, 0) is 23.6 Å². The topological polar surface area (TPSA) is 38.1 Å². The molecule has 2 aromatic rings. The first-order valence-corrected chi connectivity index (χ1v) is 7.04. The number of nitrogens with zero attached hydrogens (tertiary/aromatic N) is 3. The van der Waals surface area contributed by atoms with E-state index in [4.69, 9.17) is 0 Å². The maximum atomic E-state index is 12.5. The molecule has 1 aromatic heterocycles. The molecule has 0 unspecified atom stereocenters. The van der Waals surface area contributed by atoms with Crippen molar-refractivity contribution >= 4 is 5.91 Å². The molecular formula is C16H19N3O. The van der Waals surface area contributed by atoms with Crippen LogP contribution in [0.15, 0.2) is 36.7 Å². The molecule has 0 spiro atoms. The highest BCUT2D eigenvalue weighted by atomic mass is 16.2. The molecule has 0 saturated heterocycles. The summed E-state index contributed by atoms with van der Waals surface area (Å²) >= 11 is 0. The van der Waals surface area contributed by atoms with Gasteiger partial charge in [0.1, 0.15) is 5.82 Å². The van der Waals surface area contributed by atoms with E-state index in [1.807, 2.05) is 35.4 Å². The first-order valence-electron chi connectivity index (χ1n) is 7.04. The third-order valence-corrected chi connectivity index (χ3v) is 3.86. The number of benzene rings is 1. The lowest BCUT2D eigenvalue weighted by Gasteiger charge is -2.27. The van der Waals surface area contributed by atoms with Crippen LogP contribution in [0, 0.1) is 0 Å². The molecule has 0 bridgehead atoms. The van der Waals surface area contributed by atoms with Crippen LogP contribution in [0.4, 0.5) is 0 Å². The number of rotatable bonds is 2. The Bertz CT molecular complexity index is 613. The number of carbonyl (C=O) groups excluding carboxylic acids is 1. The van der Waals surface area contributed by atoms with E-state index in [1.54, 1.807) is 6.20 Å². The molecule has 3 rings (SSSR count). The third-order valence-electron chi connectivity index (χ3n) is 3.86. The van der Waals surface area contributed by atoms with Gasteiger partial charge in [-0.1, -0.05) is 26.0 Å². The molecule has 0 atom stereocenters. The van der Waals surface area contributed by atoms with E-state index < -0.39 is 0 Å². The zero-order valence-corrected chi connectivity index (χ0v) is 11.9. The van der Waals surface area contributed by atoms with Crippen molar-refractivity contribution in [1.82, 2.24) is 14.5 Å². The molecular weight excluding hydrogens is 250 g/mol. The van der Waals surface area contributed by atoms with E-state index in [-0.39, 0.29) is 5.91 Å². The van der Waals surface area contributed by atoms with Crippen molar-refractivity contribution in [2.24, 2.45) is 0 Å². The van der Waals surface area contributed by atoms with Gasteiger partial charge >= 0.3 is 0 Å². The minimum absolute atomic E-state index is 0.0922. The maximum absolute atomic E-state index is 12.5. The molecule has 0 saturated carbocycles. The lowest BCUT2D eigenvalue weighted by atomic mass is 10.0. The lowest BCUT2D eigenvalue weighted by Crippen LogP contribution is -2.38. The van der Waals surface area contributed by atoms with Crippen molar-refractivity contribution in [1.29, 1.82) is 0 Å². The summed E-state index contributed by atoms with van der Waals surface area (Å²) in [5.41, 5.74) is 2.02. The van der Waals surface area contributed by atoms with Crippen LogP contribution in [0.2, 0.25) is 0 Å². The fourth-order valence-corrected chi connectivity index (χ4v) is 2.54. The van der Waals surface area contributed by atoms with Crippen molar-refractivity contribution in [3.05, 3.63) is 53.6 Å². The van der Waals surface area contributed by atoms with E-state index in [0.29, 0.717) is 12.5 Å². The molecule has 0 fully saturated rings. The molecule has 104 valence electrons. The van der Waals surface area contributed by atoms with Crippen LogP contribution in [-0.2, 0) is 13.1 Å². The molecule has 4 nitrogen and oxygen atoms in total. The molecule has 1 aliphatic rings. The Labute approximate surface area is 119 Å². The van der Waals surface area contributed by atoms with Crippen LogP contribution in [0.1, 0.15) is 41.5 Å². The number of fused-ring (bicyclic) bond motifs is 1. The Balaban J connectivity index is 1.76.